The second-order valence-corrected chi connectivity index (χ2v) is 5.73. The minimum atomic E-state index is -0.585. The summed E-state index contributed by atoms with van der Waals surface area (Å²) in [6.45, 7) is 2.28. The normalized spacial score (nSPS) is 17.0. The summed E-state index contributed by atoms with van der Waals surface area (Å²) >= 11 is 0. The summed E-state index contributed by atoms with van der Waals surface area (Å²) in [5, 5.41) is 8.71. The monoisotopic (exact) mass is 330 g/mol. The number of ether oxygens (including phenoxy) is 2. The molecule has 24 heavy (non-hydrogen) atoms. The lowest BCUT2D eigenvalue weighted by Crippen LogP contribution is -2.45. The van der Waals surface area contributed by atoms with Crippen LogP contribution in [0.15, 0.2) is 24.3 Å². The Hall–Kier alpha value is -2.55. The Morgan fingerprint density at radius 3 is 2.67 bits per heavy atom. The number of esters is 1. The minimum absolute atomic E-state index is 0.145. The number of piperidine rings is 1. The molecule has 1 fully saturated rings. The Morgan fingerprint density at radius 1 is 1.25 bits per heavy atom. The maximum atomic E-state index is 12.2. The zero-order valence-electron chi connectivity index (χ0n) is 13.9. The number of likely N-dealkylation sites (tertiary alicyclic amines) is 1. The summed E-state index contributed by atoms with van der Waals surface area (Å²) in [6.07, 6.45) is 4.07. The van der Waals surface area contributed by atoms with E-state index in [1.54, 1.807) is 24.3 Å². The lowest BCUT2D eigenvalue weighted by atomic mass is 10.00. The van der Waals surface area contributed by atoms with Gasteiger partial charge >= 0.3 is 5.97 Å². The molecule has 2 rings (SSSR count). The van der Waals surface area contributed by atoms with E-state index in [0.29, 0.717) is 11.3 Å². The van der Waals surface area contributed by atoms with E-state index in [1.807, 2.05) is 11.0 Å². The minimum Gasteiger partial charge on any atom is -0.482 e. The van der Waals surface area contributed by atoms with Gasteiger partial charge in [-0.25, -0.2) is 4.79 Å². The Kier molecular flexibility index (Phi) is 6.62. The number of nitriles is 1. The summed E-state index contributed by atoms with van der Waals surface area (Å²) in [7, 11) is 0. The van der Waals surface area contributed by atoms with E-state index in [1.165, 1.54) is 0 Å². The van der Waals surface area contributed by atoms with Gasteiger partial charge in [-0.05, 0) is 49.9 Å². The number of amides is 1. The molecule has 1 aliphatic rings. The summed E-state index contributed by atoms with van der Waals surface area (Å²) in [5.74, 6) is -0.259. The summed E-state index contributed by atoms with van der Waals surface area (Å²) in [4.78, 5) is 25.7. The highest BCUT2D eigenvalue weighted by molar-refractivity contribution is 5.81. The zero-order chi connectivity index (χ0) is 17.4. The van der Waals surface area contributed by atoms with Crippen LogP contribution < -0.4 is 4.74 Å². The highest BCUT2D eigenvalue weighted by atomic mass is 16.6. The highest BCUT2D eigenvalue weighted by Crippen LogP contribution is 2.19. The van der Waals surface area contributed by atoms with Crippen LogP contribution in [0.5, 0.6) is 5.75 Å². The number of benzene rings is 1. The number of carbonyl (C=O) groups is 2. The third-order valence-electron chi connectivity index (χ3n) is 4.12. The second kappa shape index (κ2) is 8.92. The van der Waals surface area contributed by atoms with Crippen LogP contribution in [-0.4, -0.2) is 42.6 Å². The summed E-state index contributed by atoms with van der Waals surface area (Å²) in [6, 6.07) is 8.67. The molecule has 6 heteroatoms. The van der Waals surface area contributed by atoms with Crippen molar-refractivity contribution < 1.29 is 19.1 Å². The van der Waals surface area contributed by atoms with E-state index in [9.17, 15) is 9.59 Å². The van der Waals surface area contributed by atoms with Crippen molar-refractivity contribution in [1.82, 2.24) is 4.90 Å². The molecule has 0 radical (unpaired) electrons. The maximum Gasteiger partial charge on any atom is 0.344 e. The van der Waals surface area contributed by atoms with Gasteiger partial charge in [-0.15, -0.1) is 0 Å². The molecule has 0 bridgehead atoms. The van der Waals surface area contributed by atoms with Crippen LogP contribution in [-0.2, 0) is 14.3 Å². The van der Waals surface area contributed by atoms with E-state index in [4.69, 9.17) is 14.7 Å². The van der Waals surface area contributed by atoms with Crippen LogP contribution in [0, 0.1) is 11.3 Å². The van der Waals surface area contributed by atoms with Gasteiger partial charge in [0.1, 0.15) is 5.75 Å². The molecule has 1 aromatic rings. The standard InChI is InChI=1S/C18H22N2O4/c1-2-15-5-3-4-10-20(15)17(21)12-24-18(22)13-23-16-8-6-14(11-19)7-9-16/h6-9,15H,2-5,10,12-13H2,1H3/t15-/m1/s1. The zero-order valence-corrected chi connectivity index (χ0v) is 13.9. The predicted molar refractivity (Wildman–Crippen MR) is 87.3 cm³/mol. The molecular weight excluding hydrogens is 308 g/mol. The fourth-order valence-corrected chi connectivity index (χ4v) is 2.79. The topological polar surface area (TPSA) is 79.6 Å². The molecule has 0 unspecified atom stereocenters. The number of hydrogen-bond donors (Lipinski definition) is 0. The van der Waals surface area contributed by atoms with Crippen molar-refractivity contribution >= 4 is 11.9 Å². The summed E-state index contributed by atoms with van der Waals surface area (Å²) in [5.41, 5.74) is 0.516. The van der Waals surface area contributed by atoms with Crippen LogP contribution >= 0.6 is 0 Å². The molecule has 0 aliphatic carbocycles. The first-order valence-corrected chi connectivity index (χ1v) is 8.22. The molecule has 1 amide bonds. The molecule has 0 saturated carbocycles. The van der Waals surface area contributed by atoms with Crippen molar-refractivity contribution in [3.05, 3.63) is 29.8 Å². The van der Waals surface area contributed by atoms with Gasteiger partial charge in [0, 0.05) is 12.6 Å². The second-order valence-electron chi connectivity index (χ2n) is 5.73. The largest absolute Gasteiger partial charge is 0.482 e. The van der Waals surface area contributed by atoms with Crippen molar-refractivity contribution in [2.45, 2.75) is 38.6 Å². The highest BCUT2D eigenvalue weighted by Gasteiger charge is 2.25. The SMILES string of the molecule is CC[C@@H]1CCCCN1C(=O)COC(=O)COc1ccc(C#N)cc1. The van der Waals surface area contributed by atoms with Crippen molar-refractivity contribution in [3.63, 3.8) is 0 Å². The first kappa shape index (κ1) is 17.8. The molecular formula is C18H22N2O4. The van der Waals surface area contributed by atoms with Crippen molar-refractivity contribution in [3.8, 4) is 11.8 Å². The fraction of sp³-hybridized carbons (Fsp3) is 0.500. The first-order chi connectivity index (χ1) is 11.6. The average Bonchev–Trinajstić information content (AvgIpc) is 2.64. The van der Waals surface area contributed by atoms with Crippen LogP contribution in [0.3, 0.4) is 0 Å². The Balaban J connectivity index is 1.74. The van der Waals surface area contributed by atoms with Crippen LogP contribution in [0.1, 0.15) is 38.2 Å². The Bertz CT molecular complexity index is 606. The average molecular weight is 330 g/mol. The van der Waals surface area contributed by atoms with Gasteiger partial charge in [0.05, 0.1) is 11.6 Å². The molecule has 1 saturated heterocycles. The maximum absolute atomic E-state index is 12.2. The first-order valence-electron chi connectivity index (χ1n) is 8.22. The van der Waals surface area contributed by atoms with E-state index in [2.05, 4.69) is 6.92 Å². The number of hydrogen-bond acceptors (Lipinski definition) is 5. The van der Waals surface area contributed by atoms with Crippen molar-refractivity contribution in [2.24, 2.45) is 0 Å². The van der Waals surface area contributed by atoms with Gasteiger partial charge in [-0.3, -0.25) is 4.79 Å². The predicted octanol–water partition coefficient (Wildman–Crippen LogP) is 2.27. The molecule has 0 N–H and O–H groups in total. The lowest BCUT2D eigenvalue weighted by molar-refractivity contribution is -0.155. The van der Waals surface area contributed by atoms with Crippen LogP contribution in [0.25, 0.3) is 0 Å². The van der Waals surface area contributed by atoms with Gasteiger partial charge in [0.25, 0.3) is 5.91 Å². The van der Waals surface area contributed by atoms with Gasteiger partial charge < -0.3 is 14.4 Å². The van der Waals surface area contributed by atoms with Crippen molar-refractivity contribution in [1.29, 1.82) is 5.26 Å². The molecule has 6 nitrogen and oxygen atoms in total. The van der Waals surface area contributed by atoms with Gasteiger partial charge in [0.15, 0.2) is 13.2 Å². The van der Waals surface area contributed by atoms with E-state index in [0.717, 1.165) is 32.2 Å². The Labute approximate surface area is 142 Å². The van der Waals surface area contributed by atoms with Gasteiger partial charge in [-0.2, -0.15) is 5.26 Å². The molecule has 1 aliphatic heterocycles. The lowest BCUT2D eigenvalue weighted by Gasteiger charge is -2.35. The third-order valence-corrected chi connectivity index (χ3v) is 4.12. The van der Waals surface area contributed by atoms with E-state index < -0.39 is 5.97 Å². The molecule has 0 aromatic heterocycles. The Morgan fingerprint density at radius 2 is 2.00 bits per heavy atom. The van der Waals surface area contributed by atoms with Gasteiger partial charge in [0.2, 0.25) is 0 Å². The number of rotatable bonds is 6. The fourth-order valence-electron chi connectivity index (χ4n) is 2.79. The van der Waals surface area contributed by atoms with Gasteiger partial charge in [-0.1, -0.05) is 6.92 Å². The number of carbonyl (C=O) groups excluding carboxylic acids is 2. The molecule has 1 aromatic carbocycles. The summed E-state index contributed by atoms with van der Waals surface area (Å²) < 4.78 is 10.3. The molecule has 1 atom stereocenters. The van der Waals surface area contributed by atoms with Crippen molar-refractivity contribution in [2.75, 3.05) is 19.8 Å². The van der Waals surface area contributed by atoms with E-state index >= 15 is 0 Å². The van der Waals surface area contributed by atoms with E-state index in [-0.39, 0.29) is 25.2 Å². The molecule has 0 spiro atoms. The number of nitrogens with zero attached hydrogens (tertiary/aromatic N) is 2. The molecule has 1 heterocycles. The van der Waals surface area contributed by atoms with Crippen LogP contribution in [0.4, 0.5) is 0 Å². The van der Waals surface area contributed by atoms with Crippen LogP contribution in [0.2, 0.25) is 0 Å². The smallest absolute Gasteiger partial charge is 0.344 e. The third kappa shape index (κ3) is 4.98. The quantitative estimate of drug-likeness (QED) is 0.748. The molecule has 128 valence electrons.